The molecular weight excluding hydrogens is 263 g/mol. The number of carbonyl (C=O) groups is 2. The molecule has 0 aromatic heterocycles. The molecule has 4 heteroatoms. The van der Waals surface area contributed by atoms with Crippen LogP contribution in [-0.4, -0.2) is 11.6 Å². The zero-order valence-corrected chi connectivity index (χ0v) is 9.80. The monoisotopic (exact) mass is 272 g/mol. The van der Waals surface area contributed by atoms with E-state index in [4.69, 9.17) is 0 Å². The average Bonchev–Trinajstić information content (AvgIpc) is 2.18. The normalized spacial score (nSPS) is 10.1. The fraction of sp³-hybridized carbons (Fsp3) is 0.273. The number of Topliss-reactive ketones (excluding diaryl/α,β-unsaturated/α-hetero) is 2. The van der Waals surface area contributed by atoms with Crippen LogP contribution in [0.25, 0.3) is 0 Å². The van der Waals surface area contributed by atoms with Crippen LogP contribution >= 0.6 is 15.9 Å². The van der Waals surface area contributed by atoms with E-state index in [1.54, 1.807) is 0 Å². The van der Waals surface area contributed by atoms with Crippen LogP contribution < -0.4 is 0 Å². The van der Waals surface area contributed by atoms with E-state index < -0.39 is 5.82 Å². The van der Waals surface area contributed by atoms with Gasteiger partial charge in [-0.2, -0.15) is 0 Å². The Bertz CT molecular complexity index is 402. The number of benzene rings is 1. The number of hydrogen-bond donors (Lipinski definition) is 0. The van der Waals surface area contributed by atoms with Crippen LogP contribution in [0.5, 0.6) is 0 Å². The van der Waals surface area contributed by atoms with Crippen LogP contribution in [-0.2, 0) is 4.79 Å². The third-order valence-electron chi connectivity index (χ3n) is 1.93. The minimum Gasteiger partial charge on any atom is -0.300 e. The zero-order valence-electron chi connectivity index (χ0n) is 8.22. The average molecular weight is 273 g/mol. The Morgan fingerprint density at radius 2 is 2.00 bits per heavy atom. The third-order valence-corrected chi connectivity index (χ3v) is 2.62. The van der Waals surface area contributed by atoms with Crippen molar-refractivity contribution in [3.63, 3.8) is 0 Å². The third kappa shape index (κ3) is 3.55. The molecule has 80 valence electrons. The Morgan fingerprint density at radius 1 is 1.33 bits per heavy atom. The molecule has 0 fully saturated rings. The molecule has 0 bridgehead atoms. The van der Waals surface area contributed by atoms with Crippen molar-refractivity contribution in [3.8, 4) is 0 Å². The van der Waals surface area contributed by atoms with E-state index in [0.717, 1.165) is 0 Å². The molecule has 0 aliphatic heterocycles. The van der Waals surface area contributed by atoms with Crippen molar-refractivity contribution in [1.82, 2.24) is 0 Å². The second-order valence-corrected chi connectivity index (χ2v) is 4.10. The molecule has 0 spiro atoms. The van der Waals surface area contributed by atoms with E-state index in [0.29, 0.717) is 4.47 Å². The largest absolute Gasteiger partial charge is 0.300 e. The molecule has 1 aromatic carbocycles. The van der Waals surface area contributed by atoms with Crippen molar-refractivity contribution in [3.05, 3.63) is 34.1 Å². The van der Waals surface area contributed by atoms with Crippen LogP contribution in [0.15, 0.2) is 22.7 Å². The summed E-state index contributed by atoms with van der Waals surface area (Å²) in [6.45, 7) is 1.42. The van der Waals surface area contributed by atoms with Crippen molar-refractivity contribution >= 4 is 27.5 Å². The van der Waals surface area contributed by atoms with Gasteiger partial charge in [-0.3, -0.25) is 4.79 Å². The lowest BCUT2D eigenvalue weighted by Gasteiger charge is -2.02. The summed E-state index contributed by atoms with van der Waals surface area (Å²) in [6, 6.07) is 3.93. The summed E-state index contributed by atoms with van der Waals surface area (Å²) in [4.78, 5) is 22.3. The van der Waals surface area contributed by atoms with E-state index in [9.17, 15) is 14.0 Å². The van der Waals surface area contributed by atoms with Crippen LogP contribution in [0.4, 0.5) is 4.39 Å². The molecule has 15 heavy (non-hydrogen) atoms. The standard InChI is InChI=1S/C11H10BrFO2/c1-7(14)2-5-11(15)9-6-8(13)3-4-10(9)12/h3-4,6H,2,5H2,1H3. The summed E-state index contributed by atoms with van der Waals surface area (Å²) in [5.74, 6) is -0.725. The lowest BCUT2D eigenvalue weighted by Crippen LogP contribution is -2.03. The quantitative estimate of drug-likeness (QED) is 0.790. The number of ketones is 2. The van der Waals surface area contributed by atoms with Gasteiger partial charge >= 0.3 is 0 Å². The maximum atomic E-state index is 12.9. The summed E-state index contributed by atoms with van der Waals surface area (Å²) in [6.07, 6.45) is 0.319. The minimum atomic E-state index is -0.454. The Balaban J connectivity index is 2.81. The van der Waals surface area contributed by atoms with Gasteiger partial charge in [0.1, 0.15) is 11.6 Å². The van der Waals surface area contributed by atoms with Gasteiger partial charge < -0.3 is 4.79 Å². The first kappa shape index (κ1) is 12.0. The number of rotatable bonds is 4. The second kappa shape index (κ2) is 5.16. The zero-order chi connectivity index (χ0) is 11.4. The Morgan fingerprint density at radius 3 is 2.60 bits per heavy atom. The van der Waals surface area contributed by atoms with E-state index in [2.05, 4.69) is 15.9 Å². The van der Waals surface area contributed by atoms with Gasteiger partial charge in [0.05, 0.1) is 0 Å². The SMILES string of the molecule is CC(=O)CCC(=O)c1cc(F)ccc1Br. The molecule has 0 aliphatic carbocycles. The molecule has 0 saturated heterocycles. The topological polar surface area (TPSA) is 34.1 Å². The Labute approximate surface area is 95.6 Å². The van der Waals surface area contributed by atoms with Crippen LogP contribution in [0, 0.1) is 5.82 Å². The molecule has 0 heterocycles. The van der Waals surface area contributed by atoms with Crippen LogP contribution in [0.1, 0.15) is 30.1 Å². The van der Waals surface area contributed by atoms with Crippen molar-refractivity contribution in [2.75, 3.05) is 0 Å². The summed E-state index contributed by atoms with van der Waals surface area (Å²) >= 11 is 3.17. The Hall–Kier alpha value is -1.03. The Kier molecular flexibility index (Phi) is 4.15. The molecule has 2 nitrogen and oxygen atoms in total. The van der Waals surface area contributed by atoms with Gasteiger partial charge in [-0.05, 0) is 25.1 Å². The summed E-state index contributed by atoms with van der Waals surface area (Å²) in [5.41, 5.74) is 0.288. The lowest BCUT2D eigenvalue weighted by atomic mass is 10.1. The smallest absolute Gasteiger partial charge is 0.164 e. The maximum absolute atomic E-state index is 12.9. The predicted octanol–water partition coefficient (Wildman–Crippen LogP) is 3.14. The lowest BCUT2D eigenvalue weighted by molar-refractivity contribution is -0.116. The number of halogens is 2. The summed E-state index contributed by atoms with van der Waals surface area (Å²) < 4.78 is 13.4. The first-order valence-electron chi connectivity index (χ1n) is 4.48. The number of hydrogen-bond acceptors (Lipinski definition) is 2. The van der Waals surface area contributed by atoms with Crippen molar-refractivity contribution < 1.29 is 14.0 Å². The highest BCUT2D eigenvalue weighted by Gasteiger charge is 2.11. The van der Waals surface area contributed by atoms with Gasteiger partial charge in [-0.15, -0.1) is 0 Å². The fourth-order valence-corrected chi connectivity index (χ4v) is 1.60. The fourth-order valence-electron chi connectivity index (χ4n) is 1.14. The van der Waals surface area contributed by atoms with Gasteiger partial charge in [-0.1, -0.05) is 15.9 Å². The highest BCUT2D eigenvalue weighted by molar-refractivity contribution is 9.10. The minimum absolute atomic E-state index is 0.0455. The van der Waals surface area contributed by atoms with Crippen molar-refractivity contribution in [2.45, 2.75) is 19.8 Å². The molecule has 0 atom stereocenters. The van der Waals surface area contributed by atoms with Gasteiger partial charge in [0.25, 0.3) is 0 Å². The first-order valence-corrected chi connectivity index (χ1v) is 5.27. The molecule has 0 unspecified atom stereocenters. The molecule has 1 aromatic rings. The number of carbonyl (C=O) groups excluding carboxylic acids is 2. The first-order chi connectivity index (χ1) is 7.00. The van der Waals surface area contributed by atoms with Crippen LogP contribution in [0.3, 0.4) is 0 Å². The molecule has 0 aliphatic rings. The maximum Gasteiger partial charge on any atom is 0.164 e. The van der Waals surface area contributed by atoms with Crippen molar-refractivity contribution in [1.29, 1.82) is 0 Å². The highest BCUT2D eigenvalue weighted by Crippen LogP contribution is 2.19. The van der Waals surface area contributed by atoms with E-state index in [1.165, 1.54) is 25.1 Å². The molecule has 1 rings (SSSR count). The van der Waals surface area contributed by atoms with Gasteiger partial charge in [0, 0.05) is 22.9 Å². The molecule has 0 radical (unpaired) electrons. The van der Waals surface area contributed by atoms with E-state index in [-0.39, 0.29) is 30.0 Å². The second-order valence-electron chi connectivity index (χ2n) is 3.25. The summed E-state index contributed by atoms with van der Waals surface area (Å²) in [5, 5.41) is 0. The molecule has 0 N–H and O–H groups in total. The van der Waals surface area contributed by atoms with E-state index in [1.807, 2.05) is 0 Å². The molecule has 0 saturated carbocycles. The summed E-state index contributed by atoms with van der Waals surface area (Å²) in [7, 11) is 0. The van der Waals surface area contributed by atoms with Crippen molar-refractivity contribution in [2.24, 2.45) is 0 Å². The molecular formula is C11H10BrFO2. The van der Waals surface area contributed by atoms with E-state index >= 15 is 0 Å². The van der Waals surface area contributed by atoms with Crippen LogP contribution in [0.2, 0.25) is 0 Å². The predicted molar refractivity (Wildman–Crippen MR) is 58.3 cm³/mol. The van der Waals surface area contributed by atoms with Gasteiger partial charge in [0.15, 0.2) is 5.78 Å². The molecule has 0 amide bonds. The van der Waals surface area contributed by atoms with Gasteiger partial charge in [0.2, 0.25) is 0 Å². The van der Waals surface area contributed by atoms with Gasteiger partial charge in [-0.25, -0.2) is 4.39 Å². The highest BCUT2D eigenvalue weighted by atomic mass is 79.9.